The standard InChI is InChI=1S/C6H10S2/c7-5-3-1-2-4-6-8/h1-4,7-8H,5-6H2/b3-1+,4-2+. The molecule has 0 bridgehead atoms. The van der Waals surface area contributed by atoms with Crippen molar-refractivity contribution in [1.29, 1.82) is 0 Å². The highest BCUT2D eigenvalue weighted by Gasteiger charge is 1.62. The van der Waals surface area contributed by atoms with Crippen LogP contribution >= 0.6 is 25.3 Å². The zero-order valence-corrected chi connectivity index (χ0v) is 6.41. The normalized spacial score (nSPS) is 11.8. The van der Waals surface area contributed by atoms with Gasteiger partial charge in [0.15, 0.2) is 0 Å². The first-order valence-electron chi connectivity index (χ1n) is 2.45. The van der Waals surface area contributed by atoms with Gasteiger partial charge in [0.05, 0.1) is 0 Å². The summed E-state index contributed by atoms with van der Waals surface area (Å²) in [6.45, 7) is 0. The zero-order chi connectivity index (χ0) is 6.24. The number of hydrogen-bond acceptors (Lipinski definition) is 2. The van der Waals surface area contributed by atoms with Crippen LogP contribution in [0.25, 0.3) is 0 Å². The van der Waals surface area contributed by atoms with E-state index < -0.39 is 0 Å². The molecule has 0 N–H and O–H groups in total. The van der Waals surface area contributed by atoms with E-state index in [1.54, 1.807) is 0 Å². The number of thiol groups is 2. The highest BCUT2D eigenvalue weighted by atomic mass is 32.1. The Morgan fingerprint density at radius 3 is 1.50 bits per heavy atom. The van der Waals surface area contributed by atoms with Gasteiger partial charge in [0.25, 0.3) is 0 Å². The quantitative estimate of drug-likeness (QED) is 0.441. The van der Waals surface area contributed by atoms with E-state index in [-0.39, 0.29) is 0 Å². The average molecular weight is 146 g/mol. The molecule has 46 valence electrons. The van der Waals surface area contributed by atoms with Gasteiger partial charge in [0.2, 0.25) is 0 Å². The van der Waals surface area contributed by atoms with Crippen molar-refractivity contribution in [2.24, 2.45) is 0 Å². The first-order valence-corrected chi connectivity index (χ1v) is 3.71. The van der Waals surface area contributed by atoms with Gasteiger partial charge >= 0.3 is 0 Å². The van der Waals surface area contributed by atoms with Crippen molar-refractivity contribution in [3.8, 4) is 0 Å². The fraction of sp³-hybridized carbons (Fsp3) is 0.333. The summed E-state index contributed by atoms with van der Waals surface area (Å²) in [5, 5.41) is 0. The second-order valence-corrected chi connectivity index (χ2v) is 1.95. The Labute approximate surface area is 61.5 Å². The molecule has 0 aromatic rings. The van der Waals surface area contributed by atoms with Gasteiger partial charge in [-0.25, -0.2) is 0 Å². The maximum atomic E-state index is 3.98. The summed E-state index contributed by atoms with van der Waals surface area (Å²) in [6, 6.07) is 0. The molecule has 0 heterocycles. The maximum Gasteiger partial charge on any atom is 0.00856 e. The van der Waals surface area contributed by atoms with E-state index in [0.717, 1.165) is 11.5 Å². The summed E-state index contributed by atoms with van der Waals surface area (Å²) in [6.07, 6.45) is 7.87. The van der Waals surface area contributed by atoms with Crippen molar-refractivity contribution in [3.63, 3.8) is 0 Å². The van der Waals surface area contributed by atoms with Crippen molar-refractivity contribution >= 4 is 25.3 Å². The lowest BCUT2D eigenvalue weighted by molar-refractivity contribution is 1.72. The van der Waals surface area contributed by atoms with E-state index in [0.29, 0.717) is 0 Å². The van der Waals surface area contributed by atoms with Crippen molar-refractivity contribution in [1.82, 2.24) is 0 Å². The highest BCUT2D eigenvalue weighted by Crippen LogP contribution is 1.81. The Hall–Kier alpha value is 0.180. The summed E-state index contributed by atoms with van der Waals surface area (Å²) < 4.78 is 0. The van der Waals surface area contributed by atoms with Crippen LogP contribution < -0.4 is 0 Å². The Bertz CT molecular complexity index is 72.5. The third-order valence-corrected chi connectivity index (χ3v) is 1.02. The largest absolute Gasteiger partial charge is 0.175 e. The molecular weight excluding hydrogens is 136 g/mol. The van der Waals surface area contributed by atoms with Crippen LogP contribution in [0.15, 0.2) is 24.3 Å². The molecule has 8 heavy (non-hydrogen) atoms. The van der Waals surface area contributed by atoms with Crippen molar-refractivity contribution in [2.45, 2.75) is 0 Å². The van der Waals surface area contributed by atoms with Crippen molar-refractivity contribution in [3.05, 3.63) is 24.3 Å². The van der Waals surface area contributed by atoms with Crippen LogP contribution in [0.2, 0.25) is 0 Å². The Kier molecular flexibility index (Phi) is 7.34. The molecule has 0 rings (SSSR count). The molecule has 0 spiro atoms. The smallest absolute Gasteiger partial charge is 0.00856 e. The number of allylic oxidation sites excluding steroid dienone is 2. The van der Waals surface area contributed by atoms with E-state index in [1.165, 1.54) is 0 Å². The molecule has 0 nitrogen and oxygen atoms in total. The molecule has 0 atom stereocenters. The lowest BCUT2D eigenvalue weighted by atomic mass is 10.5. The van der Waals surface area contributed by atoms with Crippen LogP contribution in [0.1, 0.15) is 0 Å². The molecule has 2 heteroatoms. The zero-order valence-electron chi connectivity index (χ0n) is 4.62. The Morgan fingerprint density at radius 2 is 1.25 bits per heavy atom. The van der Waals surface area contributed by atoms with Gasteiger partial charge < -0.3 is 0 Å². The number of hydrogen-bond donors (Lipinski definition) is 2. The van der Waals surface area contributed by atoms with Crippen LogP contribution in [-0.2, 0) is 0 Å². The van der Waals surface area contributed by atoms with E-state index in [1.807, 2.05) is 24.3 Å². The predicted octanol–water partition coefficient (Wildman–Crippen LogP) is 1.96. The highest BCUT2D eigenvalue weighted by molar-refractivity contribution is 7.80. The fourth-order valence-corrected chi connectivity index (χ4v) is 0.522. The minimum Gasteiger partial charge on any atom is -0.175 e. The Morgan fingerprint density at radius 1 is 0.875 bits per heavy atom. The summed E-state index contributed by atoms with van der Waals surface area (Å²) in [4.78, 5) is 0. The number of rotatable bonds is 3. The van der Waals surface area contributed by atoms with Crippen LogP contribution in [-0.4, -0.2) is 11.5 Å². The summed E-state index contributed by atoms with van der Waals surface area (Å²) >= 11 is 7.97. The monoisotopic (exact) mass is 146 g/mol. The molecule has 0 radical (unpaired) electrons. The van der Waals surface area contributed by atoms with E-state index >= 15 is 0 Å². The predicted molar refractivity (Wildman–Crippen MR) is 46.0 cm³/mol. The van der Waals surface area contributed by atoms with Gasteiger partial charge in [-0.1, -0.05) is 24.3 Å². The van der Waals surface area contributed by atoms with Crippen LogP contribution in [0.5, 0.6) is 0 Å². The Balaban J connectivity index is 3.13. The molecule has 0 aliphatic heterocycles. The molecule has 0 saturated heterocycles. The van der Waals surface area contributed by atoms with Crippen molar-refractivity contribution in [2.75, 3.05) is 11.5 Å². The summed E-state index contributed by atoms with van der Waals surface area (Å²) in [7, 11) is 0. The van der Waals surface area contributed by atoms with Crippen LogP contribution in [0.3, 0.4) is 0 Å². The SMILES string of the molecule is SC/C=C/C=C/CS. The van der Waals surface area contributed by atoms with Crippen molar-refractivity contribution < 1.29 is 0 Å². The lowest BCUT2D eigenvalue weighted by Gasteiger charge is -1.73. The molecule has 0 amide bonds. The minimum absolute atomic E-state index is 0.802. The average Bonchev–Trinajstić information content (AvgIpc) is 1.81. The second-order valence-electron chi connectivity index (χ2n) is 1.22. The molecule has 0 aliphatic carbocycles. The maximum absolute atomic E-state index is 3.98. The van der Waals surface area contributed by atoms with Gasteiger partial charge in [-0.3, -0.25) is 0 Å². The molecule has 0 unspecified atom stereocenters. The molecule has 0 fully saturated rings. The van der Waals surface area contributed by atoms with E-state index in [9.17, 15) is 0 Å². The second kappa shape index (κ2) is 7.18. The molecule has 0 aromatic carbocycles. The topological polar surface area (TPSA) is 0 Å². The third-order valence-electron chi connectivity index (χ3n) is 0.594. The third kappa shape index (κ3) is 6.18. The van der Waals surface area contributed by atoms with Crippen LogP contribution in [0, 0.1) is 0 Å². The van der Waals surface area contributed by atoms with Gasteiger partial charge in [-0.2, -0.15) is 25.3 Å². The first-order chi connectivity index (χ1) is 3.91. The molecule has 0 aliphatic rings. The first kappa shape index (κ1) is 8.18. The summed E-state index contributed by atoms with van der Waals surface area (Å²) in [5.41, 5.74) is 0. The lowest BCUT2D eigenvalue weighted by Crippen LogP contribution is -1.59. The van der Waals surface area contributed by atoms with E-state index in [4.69, 9.17) is 0 Å². The van der Waals surface area contributed by atoms with Gasteiger partial charge in [0, 0.05) is 11.5 Å². The summed E-state index contributed by atoms with van der Waals surface area (Å²) in [5.74, 6) is 1.60. The van der Waals surface area contributed by atoms with Gasteiger partial charge in [0.1, 0.15) is 0 Å². The van der Waals surface area contributed by atoms with Crippen LogP contribution in [0.4, 0.5) is 0 Å². The minimum atomic E-state index is 0.802. The van der Waals surface area contributed by atoms with E-state index in [2.05, 4.69) is 25.3 Å². The molecule has 0 saturated carbocycles. The molecular formula is C6H10S2. The molecule has 0 aromatic heterocycles. The van der Waals surface area contributed by atoms with Gasteiger partial charge in [-0.15, -0.1) is 0 Å². The fourth-order valence-electron chi connectivity index (χ4n) is 0.279. The van der Waals surface area contributed by atoms with Gasteiger partial charge in [-0.05, 0) is 0 Å².